The van der Waals surface area contributed by atoms with E-state index in [1.54, 1.807) is 0 Å². The van der Waals surface area contributed by atoms with Crippen molar-refractivity contribution in [1.29, 1.82) is 0 Å². The summed E-state index contributed by atoms with van der Waals surface area (Å²) in [5.41, 5.74) is -1.11. The molecule has 0 fully saturated rings. The molecule has 174 valence electrons. The summed E-state index contributed by atoms with van der Waals surface area (Å²) in [6.07, 6.45) is 0. The second kappa shape index (κ2) is 12.8. The topological polar surface area (TPSA) is 263 Å². The molecule has 0 aliphatic carbocycles. The molecule has 34 heavy (non-hydrogen) atoms. The van der Waals surface area contributed by atoms with Gasteiger partial charge in [0.2, 0.25) is 0 Å². The van der Waals surface area contributed by atoms with Crippen LogP contribution in [-0.4, -0.2) is 52.2 Å². The fourth-order valence-corrected chi connectivity index (χ4v) is 3.89. The molecular weight excluding hydrogens is 542 g/mol. The van der Waals surface area contributed by atoms with E-state index >= 15 is 0 Å². The number of benzene rings is 3. The standard InChI is InChI=1S/C16H11ClN2O9S2.2Na.2H2O/c17-8-1-2-11(20)10(5-8)18-19-15-13(30(26,27)28)4-7-3-9(29(23,24)25)6-12(21)14(7)16(15)22;;;;/h1-6,20-22H,(H,23,24,25)(H,26,27,28);;;2*1H2/q;2*+1;;/p-2. The number of hydrogen-bond acceptors (Lipinski definition) is 11. The predicted octanol–water partition coefficient (Wildman–Crippen LogP) is -4.81. The van der Waals surface area contributed by atoms with E-state index in [0.29, 0.717) is 18.2 Å². The number of phenolic OH excluding ortho intramolecular Hbond substituents is 3. The van der Waals surface area contributed by atoms with E-state index < -0.39 is 63.7 Å². The Hall–Kier alpha value is -1.05. The van der Waals surface area contributed by atoms with Crippen LogP contribution in [0.5, 0.6) is 17.2 Å². The molecule has 18 heteroatoms. The van der Waals surface area contributed by atoms with Crippen molar-refractivity contribution in [3.63, 3.8) is 0 Å². The largest absolute Gasteiger partial charge is 1.00 e. The molecule has 0 aliphatic rings. The van der Waals surface area contributed by atoms with Crippen molar-refractivity contribution in [2.75, 3.05) is 0 Å². The summed E-state index contributed by atoms with van der Waals surface area (Å²) in [5, 5.41) is 36.5. The van der Waals surface area contributed by atoms with Crippen molar-refractivity contribution in [3.05, 3.63) is 41.4 Å². The van der Waals surface area contributed by atoms with Gasteiger partial charge in [0.25, 0.3) is 0 Å². The molecule has 3 aromatic rings. The minimum Gasteiger partial charge on any atom is -0.744 e. The van der Waals surface area contributed by atoms with Crippen LogP contribution in [0.25, 0.3) is 10.8 Å². The van der Waals surface area contributed by atoms with E-state index in [4.69, 9.17) is 11.6 Å². The molecule has 0 saturated heterocycles. The molecule has 7 N–H and O–H groups in total. The summed E-state index contributed by atoms with van der Waals surface area (Å²) in [7, 11) is -10.3. The number of fused-ring (bicyclic) bond motifs is 1. The Kier molecular flexibility index (Phi) is 13.2. The van der Waals surface area contributed by atoms with Gasteiger partial charge in [-0.05, 0) is 41.8 Å². The third-order valence-corrected chi connectivity index (χ3v) is 5.75. The molecule has 0 unspecified atom stereocenters. The van der Waals surface area contributed by atoms with Gasteiger partial charge in [0, 0.05) is 5.02 Å². The van der Waals surface area contributed by atoms with E-state index in [2.05, 4.69) is 10.2 Å². The molecule has 13 nitrogen and oxygen atoms in total. The maximum absolute atomic E-state index is 11.7. The van der Waals surface area contributed by atoms with Crippen LogP contribution < -0.4 is 59.1 Å². The monoisotopic (exact) mass is 554 g/mol. The Labute approximate surface area is 241 Å². The van der Waals surface area contributed by atoms with Crippen molar-refractivity contribution in [1.82, 2.24) is 0 Å². The minimum atomic E-state index is -5.29. The van der Waals surface area contributed by atoms with Crippen LogP contribution in [0, 0.1) is 0 Å². The van der Waals surface area contributed by atoms with Gasteiger partial charge in [0.1, 0.15) is 43.1 Å². The maximum Gasteiger partial charge on any atom is 1.00 e. The summed E-state index contributed by atoms with van der Waals surface area (Å²) in [6.45, 7) is 0. The van der Waals surface area contributed by atoms with E-state index in [9.17, 15) is 41.3 Å². The molecule has 0 aliphatic heterocycles. The Balaban J connectivity index is 0. The van der Waals surface area contributed by atoms with Crippen LogP contribution >= 0.6 is 11.6 Å². The van der Waals surface area contributed by atoms with Gasteiger partial charge in [0.05, 0.1) is 15.2 Å². The number of nitrogens with zero attached hydrogens (tertiary/aromatic N) is 2. The first-order valence-corrected chi connectivity index (χ1v) is 10.8. The van der Waals surface area contributed by atoms with E-state index in [-0.39, 0.29) is 80.8 Å². The zero-order valence-electron chi connectivity index (χ0n) is 17.3. The van der Waals surface area contributed by atoms with Crippen molar-refractivity contribution in [2.24, 2.45) is 10.2 Å². The number of hydrogen-bond donors (Lipinski definition) is 3. The van der Waals surface area contributed by atoms with Crippen LogP contribution in [0.1, 0.15) is 0 Å². The Morgan fingerprint density at radius 1 is 0.794 bits per heavy atom. The van der Waals surface area contributed by atoms with Gasteiger partial charge in [-0.1, -0.05) is 11.6 Å². The quantitative estimate of drug-likeness (QED) is 0.158. The van der Waals surface area contributed by atoms with Crippen LogP contribution in [0.15, 0.2) is 56.4 Å². The molecule has 0 aromatic heterocycles. The molecule has 0 bridgehead atoms. The first kappa shape index (κ1) is 35.1. The fourth-order valence-electron chi connectivity index (χ4n) is 2.55. The Morgan fingerprint density at radius 3 is 1.91 bits per heavy atom. The van der Waals surface area contributed by atoms with Crippen molar-refractivity contribution < 1.29 is 111 Å². The number of phenols is 3. The molecule has 3 aromatic carbocycles. The summed E-state index contributed by atoms with van der Waals surface area (Å²) in [6, 6.07) is 5.50. The van der Waals surface area contributed by atoms with Gasteiger partial charge in [0.15, 0.2) is 5.75 Å². The van der Waals surface area contributed by atoms with Gasteiger partial charge in [-0.25, -0.2) is 16.8 Å². The first-order chi connectivity index (χ1) is 13.8. The van der Waals surface area contributed by atoms with Gasteiger partial charge in [-0.15, -0.1) is 10.2 Å². The van der Waals surface area contributed by atoms with Crippen LogP contribution in [-0.2, 0) is 20.2 Å². The summed E-state index contributed by atoms with van der Waals surface area (Å²) >= 11 is 5.77. The number of azo groups is 1. The molecule has 3 rings (SSSR count). The molecule has 0 radical (unpaired) electrons. The SMILES string of the molecule is O.O.O=S(=O)([O-])c1cc(O)c2c(O)c(N=Nc3cc(Cl)ccc3O)c(S(=O)(=O)[O-])cc2c1.[Na+].[Na+]. The summed E-state index contributed by atoms with van der Waals surface area (Å²) in [5.74, 6) is -2.32. The van der Waals surface area contributed by atoms with Crippen LogP contribution in [0.2, 0.25) is 5.02 Å². The predicted molar refractivity (Wildman–Crippen MR) is 108 cm³/mol. The van der Waals surface area contributed by atoms with Gasteiger partial charge >= 0.3 is 59.1 Å². The number of rotatable bonds is 4. The van der Waals surface area contributed by atoms with Gasteiger partial charge in [-0.3, -0.25) is 0 Å². The zero-order chi connectivity index (χ0) is 22.4. The smallest absolute Gasteiger partial charge is 0.744 e. The van der Waals surface area contributed by atoms with Crippen LogP contribution in [0.3, 0.4) is 0 Å². The number of aromatic hydroxyl groups is 3. The average molecular weight is 555 g/mol. The summed E-state index contributed by atoms with van der Waals surface area (Å²) in [4.78, 5) is -2.03. The summed E-state index contributed by atoms with van der Waals surface area (Å²) < 4.78 is 68.6. The fraction of sp³-hybridized carbons (Fsp3) is 0. The first-order valence-electron chi connectivity index (χ1n) is 7.64. The van der Waals surface area contributed by atoms with E-state index in [0.717, 1.165) is 6.07 Å². The van der Waals surface area contributed by atoms with Crippen LogP contribution in [0.4, 0.5) is 11.4 Å². The molecule has 0 atom stereocenters. The maximum atomic E-state index is 11.7. The van der Waals surface area contributed by atoms with Crippen molar-refractivity contribution in [2.45, 2.75) is 9.79 Å². The van der Waals surface area contributed by atoms with E-state index in [1.807, 2.05) is 0 Å². The number of halogens is 1. The minimum absolute atomic E-state index is 0. The normalized spacial score (nSPS) is 11.1. The molecule has 0 amide bonds. The van der Waals surface area contributed by atoms with Gasteiger partial charge in [-0.2, -0.15) is 0 Å². The molecule has 0 saturated carbocycles. The second-order valence-corrected chi connectivity index (χ2v) is 9.02. The molecule has 0 heterocycles. The van der Waals surface area contributed by atoms with Crippen molar-refractivity contribution >= 4 is 54.0 Å². The average Bonchev–Trinajstić information content (AvgIpc) is 2.61. The third kappa shape index (κ3) is 7.47. The van der Waals surface area contributed by atoms with E-state index in [1.165, 1.54) is 12.1 Å². The second-order valence-electron chi connectivity index (χ2n) is 5.85. The van der Waals surface area contributed by atoms with Gasteiger partial charge < -0.3 is 35.4 Å². The zero-order valence-corrected chi connectivity index (χ0v) is 23.7. The third-order valence-electron chi connectivity index (χ3n) is 3.86. The molecule has 0 spiro atoms. The molecular formula is C16H13ClN2Na2O11S2. The van der Waals surface area contributed by atoms with Crippen molar-refractivity contribution in [3.8, 4) is 17.2 Å². The Morgan fingerprint density at radius 2 is 1.38 bits per heavy atom. The Bertz CT molecular complexity index is 1450.